The molecule has 2 aromatic rings. The minimum atomic E-state index is -0.945. The van der Waals surface area contributed by atoms with Crippen LogP contribution in [0.25, 0.3) is 6.08 Å². The largest absolute Gasteiger partial charge is 0.492 e. The molecule has 15 heteroatoms. The zero-order valence-electron chi connectivity index (χ0n) is 27.2. The number of fused-ring (bicyclic) bond motifs is 2. The number of benzene rings is 1. The summed E-state index contributed by atoms with van der Waals surface area (Å²) in [6.45, 7) is 7.67. The Kier molecular flexibility index (Phi) is 12.7. The molecule has 0 bridgehead atoms. The molecule has 2 aliphatic heterocycles. The molecule has 4 atom stereocenters. The summed E-state index contributed by atoms with van der Waals surface area (Å²) in [5.74, 6) is -0.946. The van der Waals surface area contributed by atoms with Crippen molar-refractivity contribution in [2.45, 2.75) is 64.8 Å². The molecule has 0 amide bonds. The number of imidazole rings is 1. The van der Waals surface area contributed by atoms with Crippen molar-refractivity contribution in [1.82, 2.24) is 14.3 Å². The number of hydrogen-bond donors (Lipinski definition) is 0. The van der Waals surface area contributed by atoms with Crippen LogP contribution < -0.4 is 9.47 Å². The van der Waals surface area contributed by atoms with Crippen LogP contribution in [0.1, 0.15) is 55.9 Å². The fraction of sp³-hybridized carbons (Fsp3) is 0.469. The number of aromatic nitrogens is 2. The Hall–Kier alpha value is -4.04. The van der Waals surface area contributed by atoms with Gasteiger partial charge in [0.2, 0.25) is 0 Å². The molecule has 0 spiro atoms. The maximum absolute atomic E-state index is 13.6. The van der Waals surface area contributed by atoms with Crippen molar-refractivity contribution in [2.75, 3.05) is 27.1 Å². The van der Waals surface area contributed by atoms with Crippen LogP contribution in [0, 0.1) is 5.92 Å². The number of ether oxygens (including phenoxy) is 6. The smallest absolute Gasteiger partial charge is 0.342 e. The maximum atomic E-state index is 13.6. The Bertz CT molecular complexity index is 1480. The molecule has 1 fully saturated rings. The summed E-state index contributed by atoms with van der Waals surface area (Å²) in [5.41, 5.74) is 0.631. The second kappa shape index (κ2) is 16.7. The van der Waals surface area contributed by atoms with Gasteiger partial charge in [-0.25, -0.2) is 9.78 Å². The fourth-order valence-corrected chi connectivity index (χ4v) is 5.11. The molecule has 3 heterocycles. The van der Waals surface area contributed by atoms with E-state index in [0.29, 0.717) is 42.5 Å². The lowest BCUT2D eigenvalue weighted by molar-refractivity contribution is -0.152. The molecule has 0 aliphatic carbocycles. The van der Waals surface area contributed by atoms with Gasteiger partial charge < -0.3 is 47.3 Å². The Balaban J connectivity index is 1.62. The lowest BCUT2D eigenvalue weighted by atomic mass is 9.94. The van der Waals surface area contributed by atoms with Gasteiger partial charge in [-0.1, -0.05) is 25.2 Å². The van der Waals surface area contributed by atoms with Gasteiger partial charge in [0.25, 0.3) is 7.41 Å². The molecule has 1 aromatic carbocycles. The number of cyclic esters (lactones) is 1. The van der Waals surface area contributed by atoms with E-state index in [1.165, 1.54) is 28.0 Å². The molecule has 2 radical (unpaired) electrons. The third kappa shape index (κ3) is 9.74. The van der Waals surface area contributed by atoms with Crippen molar-refractivity contribution in [3.63, 3.8) is 0 Å². The number of nitrogens with zero attached hydrogens (tertiary/aromatic N) is 3. The summed E-state index contributed by atoms with van der Waals surface area (Å²) in [4.78, 5) is 54.9. The second-order valence-electron chi connectivity index (χ2n) is 11.5. The molecule has 13 nitrogen and oxygen atoms in total. The number of esters is 1. The number of methoxy groups -OCH3 is 1. The van der Waals surface area contributed by atoms with Crippen LogP contribution in [-0.2, 0) is 39.9 Å². The van der Waals surface area contributed by atoms with Gasteiger partial charge in [0.05, 0.1) is 18.9 Å². The first-order valence-corrected chi connectivity index (χ1v) is 15.3. The van der Waals surface area contributed by atoms with E-state index in [-0.39, 0.29) is 43.0 Å². The van der Waals surface area contributed by atoms with E-state index >= 15 is 0 Å². The van der Waals surface area contributed by atoms with E-state index in [4.69, 9.17) is 28.4 Å². The summed E-state index contributed by atoms with van der Waals surface area (Å²) in [7, 11) is 4.16. The van der Waals surface area contributed by atoms with Gasteiger partial charge in [0, 0.05) is 44.6 Å². The number of carbonyl (C=O) groups is 4. The fourth-order valence-electron chi connectivity index (χ4n) is 5.11. The van der Waals surface area contributed by atoms with Gasteiger partial charge in [-0.3, -0.25) is 4.79 Å². The van der Waals surface area contributed by atoms with Crippen molar-refractivity contribution >= 4 is 45.0 Å². The molecular formula is C32H39B2N3O10. The van der Waals surface area contributed by atoms with Gasteiger partial charge >= 0.3 is 13.4 Å². The first-order chi connectivity index (χ1) is 22.5. The van der Waals surface area contributed by atoms with E-state index in [0.717, 1.165) is 0 Å². The van der Waals surface area contributed by atoms with Crippen LogP contribution in [0.15, 0.2) is 42.8 Å². The van der Waals surface area contributed by atoms with Crippen LogP contribution in [0.2, 0.25) is 0 Å². The van der Waals surface area contributed by atoms with Gasteiger partial charge in [-0.15, -0.1) is 0 Å². The Labute approximate surface area is 275 Å². The van der Waals surface area contributed by atoms with Crippen molar-refractivity contribution < 1.29 is 47.6 Å². The number of carbonyl (C=O) groups excluding carboxylic acids is 4. The molecule has 1 aromatic heterocycles. The Morgan fingerprint density at radius 1 is 1.13 bits per heavy atom. The van der Waals surface area contributed by atoms with Gasteiger partial charge in [-0.05, 0) is 44.9 Å². The van der Waals surface area contributed by atoms with Crippen LogP contribution in [0.3, 0.4) is 0 Å². The highest BCUT2D eigenvalue weighted by Crippen LogP contribution is 2.34. The zero-order chi connectivity index (χ0) is 34.0. The molecule has 2 aliphatic rings. The first-order valence-electron chi connectivity index (χ1n) is 15.3. The van der Waals surface area contributed by atoms with Crippen molar-refractivity contribution in [3.8, 4) is 11.5 Å². The lowest BCUT2D eigenvalue weighted by Crippen LogP contribution is -2.34. The molecule has 2 unspecified atom stereocenters. The molecule has 47 heavy (non-hydrogen) atoms. The molecule has 4 rings (SSSR count). The summed E-state index contributed by atoms with van der Waals surface area (Å²) in [5, 5.41) is 0. The number of ketones is 1. The molecule has 0 saturated carbocycles. The normalized spacial score (nSPS) is 23.2. The Morgan fingerprint density at radius 3 is 2.68 bits per heavy atom. The number of rotatable bonds is 13. The summed E-state index contributed by atoms with van der Waals surface area (Å²) in [6.07, 6.45) is 9.59. The predicted molar refractivity (Wildman–Crippen MR) is 173 cm³/mol. The molecular weight excluding hydrogens is 608 g/mol. The molecule has 1 saturated heterocycles. The maximum Gasteiger partial charge on any atom is 0.342 e. The minimum Gasteiger partial charge on any atom is -0.492 e. The van der Waals surface area contributed by atoms with E-state index in [1.807, 2.05) is 6.92 Å². The Morgan fingerprint density at radius 2 is 1.94 bits per heavy atom. The van der Waals surface area contributed by atoms with Gasteiger partial charge in [0.1, 0.15) is 41.3 Å². The topological polar surface area (TPSA) is 145 Å². The third-order valence-corrected chi connectivity index (χ3v) is 7.60. The van der Waals surface area contributed by atoms with Crippen LogP contribution >= 0.6 is 0 Å². The van der Waals surface area contributed by atoms with Crippen molar-refractivity contribution in [2.24, 2.45) is 5.92 Å². The van der Waals surface area contributed by atoms with Crippen LogP contribution in [0.4, 0.5) is 0 Å². The zero-order valence-corrected chi connectivity index (χ0v) is 27.2. The van der Waals surface area contributed by atoms with Gasteiger partial charge in [0.15, 0.2) is 18.4 Å². The highest BCUT2D eigenvalue weighted by molar-refractivity contribution is 6.65. The van der Waals surface area contributed by atoms with E-state index in [1.54, 1.807) is 72.8 Å². The predicted octanol–water partition coefficient (Wildman–Crippen LogP) is 2.46. The highest BCUT2D eigenvalue weighted by Gasteiger charge is 2.43. The van der Waals surface area contributed by atoms with E-state index < -0.39 is 30.1 Å². The molecule has 0 N–H and O–H groups in total. The van der Waals surface area contributed by atoms with E-state index in [9.17, 15) is 19.2 Å². The quantitative estimate of drug-likeness (QED) is 0.136. The monoisotopic (exact) mass is 647 g/mol. The van der Waals surface area contributed by atoms with Crippen molar-refractivity contribution in [3.05, 3.63) is 59.7 Å². The summed E-state index contributed by atoms with van der Waals surface area (Å²) < 4.78 is 36.4. The average Bonchev–Trinajstić information content (AvgIpc) is 3.60. The third-order valence-electron chi connectivity index (χ3n) is 7.60. The average molecular weight is 647 g/mol. The van der Waals surface area contributed by atoms with Gasteiger partial charge in [-0.2, -0.15) is 0 Å². The van der Waals surface area contributed by atoms with Crippen LogP contribution in [0.5, 0.6) is 11.5 Å². The van der Waals surface area contributed by atoms with Crippen LogP contribution in [-0.4, -0.2) is 104 Å². The lowest BCUT2D eigenvalue weighted by Gasteiger charge is -2.22. The number of hydrogen-bond acceptors (Lipinski definition) is 12. The highest BCUT2D eigenvalue weighted by atomic mass is 16.8. The summed E-state index contributed by atoms with van der Waals surface area (Å²) >= 11 is 0. The van der Waals surface area contributed by atoms with Crippen molar-refractivity contribution in [1.29, 1.82) is 0 Å². The second-order valence-corrected chi connectivity index (χ2v) is 11.5. The minimum absolute atomic E-state index is 0.139. The first kappa shape index (κ1) is 35.8. The molecule has 248 valence electrons. The SMILES string of the molecule is COCOc1cc(OCCN([B]C=O)Cc2nccn2[B]C=O)cc2c1C(=O)O[C@@H](C)[C@H](C)/C=C\C(=O)C1OC(C)(C)OC1CC=C2. The van der Waals surface area contributed by atoms with E-state index in [2.05, 4.69) is 4.98 Å². The standard InChI is InChI=1S/C32H39B2N3O10/c1-21-9-10-25(40)30-26(46-32(3,4)47-30)8-6-7-23-15-24(16-27(44-20-42-5)29(23)31(41)45-22(21)2)43-14-13-36(33-18-38)17-28-35-11-12-37(28)34-19-39/h6-7,9-12,15-16,18-19,21-22,26,30H,8,13-14,17,20H2,1-5H3/b7-6?,10-9-/t21-,22+,26?,30?/m1/s1. The summed E-state index contributed by atoms with van der Waals surface area (Å²) in [6, 6.07) is 3.26.